The third kappa shape index (κ3) is 8.16. The average Bonchev–Trinajstić information content (AvgIpc) is 3.17. The van der Waals surface area contributed by atoms with E-state index in [9.17, 15) is 29.4 Å². The highest BCUT2D eigenvalue weighted by Crippen LogP contribution is 2.27. The van der Waals surface area contributed by atoms with E-state index in [1.165, 1.54) is 36.4 Å². The van der Waals surface area contributed by atoms with E-state index < -0.39 is 23.9 Å². The first kappa shape index (κ1) is 33.4. The summed E-state index contributed by atoms with van der Waals surface area (Å²) in [5.41, 5.74) is 4.02. The number of carbonyl (C=O) groups excluding carboxylic acids is 2. The minimum atomic E-state index is -1.40. The molecule has 7 heteroatoms. The zero-order valence-electron chi connectivity index (χ0n) is 26.8. The minimum Gasteiger partial charge on any atom is -0.478 e. The molecule has 51 heavy (non-hydrogen) atoms. The van der Waals surface area contributed by atoms with E-state index in [0.29, 0.717) is 22.3 Å². The summed E-state index contributed by atoms with van der Waals surface area (Å²) in [5.74, 6) is 7.03. The summed E-state index contributed by atoms with van der Waals surface area (Å²) in [6, 6.07) is 41.5. The maximum atomic E-state index is 13.4. The van der Waals surface area contributed by atoms with E-state index in [-0.39, 0.29) is 22.3 Å². The van der Waals surface area contributed by atoms with Crippen molar-refractivity contribution in [2.24, 2.45) is 0 Å². The van der Waals surface area contributed by atoms with Crippen LogP contribution >= 0.6 is 0 Å². The second kappa shape index (κ2) is 15.2. The maximum absolute atomic E-state index is 13.4. The molecule has 0 aromatic heterocycles. The molecule has 6 aromatic carbocycles. The lowest BCUT2D eigenvalue weighted by Gasteiger charge is -2.11. The van der Waals surface area contributed by atoms with E-state index in [0.717, 1.165) is 22.3 Å². The molecule has 0 atom stereocenters. The van der Waals surface area contributed by atoms with Crippen LogP contribution in [-0.4, -0.2) is 34.1 Å². The van der Waals surface area contributed by atoms with E-state index in [1.807, 2.05) is 60.7 Å². The van der Waals surface area contributed by atoms with Crippen molar-refractivity contribution in [2.45, 2.75) is 0 Å². The number of carboxylic acids is 2. The first-order valence-corrected chi connectivity index (χ1v) is 15.6. The third-order valence-electron chi connectivity index (χ3n) is 7.81. The first-order chi connectivity index (χ1) is 24.7. The van der Waals surface area contributed by atoms with Crippen LogP contribution in [-0.2, 0) is 4.74 Å². The molecule has 0 fully saturated rings. The summed E-state index contributed by atoms with van der Waals surface area (Å²) >= 11 is 0. The van der Waals surface area contributed by atoms with Crippen molar-refractivity contribution in [1.29, 1.82) is 0 Å². The lowest BCUT2D eigenvalue weighted by Crippen LogP contribution is -2.18. The molecule has 6 rings (SSSR count). The quantitative estimate of drug-likeness (QED) is 0.105. The van der Waals surface area contributed by atoms with Gasteiger partial charge in [-0.1, -0.05) is 96.5 Å². The van der Waals surface area contributed by atoms with Crippen LogP contribution in [0.3, 0.4) is 0 Å². The molecule has 0 heterocycles. The van der Waals surface area contributed by atoms with Crippen LogP contribution in [0.1, 0.15) is 63.7 Å². The zero-order chi connectivity index (χ0) is 35.7. The molecule has 0 unspecified atom stereocenters. The molecular weight excluding hydrogens is 640 g/mol. The lowest BCUT2D eigenvalue weighted by atomic mass is 9.97. The Bertz CT molecular complexity index is 2230. The molecule has 0 aliphatic carbocycles. The van der Waals surface area contributed by atoms with Gasteiger partial charge in [0.15, 0.2) is 0 Å². The van der Waals surface area contributed by atoms with Crippen LogP contribution in [0, 0.1) is 23.7 Å². The van der Waals surface area contributed by atoms with Gasteiger partial charge >= 0.3 is 23.9 Å². The number of hydrogen-bond acceptors (Lipinski definition) is 5. The van der Waals surface area contributed by atoms with Gasteiger partial charge in [-0.2, -0.15) is 0 Å². The van der Waals surface area contributed by atoms with Crippen molar-refractivity contribution in [3.8, 4) is 45.9 Å². The summed E-state index contributed by atoms with van der Waals surface area (Å²) in [6.07, 6.45) is 0. The van der Waals surface area contributed by atoms with Crippen molar-refractivity contribution in [3.63, 3.8) is 0 Å². The molecule has 0 amide bonds. The number of carbonyl (C=O) groups is 4. The minimum absolute atomic E-state index is 0.374. The number of ether oxygens (including phenoxy) is 1. The number of esters is 2. The van der Waals surface area contributed by atoms with Crippen LogP contribution in [0.4, 0.5) is 0 Å². The average molecular weight is 667 g/mol. The molecule has 0 bridgehead atoms. The van der Waals surface area contributed by atoms with Crippen molar-refractivity contribution in [3.05, 3.63) is 190 Å². The van der Waals surface area contributed by atoms with Crippen LogP contribution in [0.25, 0.3) is 22.3 Å². The fourth-order valence-corrected chi connectivity index (χ4v) is 5.18. The van der Waals surface area contributed by atoms with Gasteiger partial charge in [0.05, 0.1) is 22.3 Å². The van der Waals surface area contributed by atoms with Crippen LogP contribution < -0.4 is 0 Å². The number of rotatable bonds is 6. The first-order valence-electron chi connectivity index (χ1n) is 15.6. The summed E-state index contributed by atoms with van der Waals surface area (Å²) in [7, 11) is 0. The molecule has 0 saturated carbocycles. The van der Waals surface area contributed by atoms with Gasteiger partial charge in [-0.05, 0) is 95.1 Å². The summed E-state index contributed by atoms with van der Waals surface area (Å²) in [6.45, 7) is 0. The van der Waals surface area contributed by atoms with Crippen molar-refractivity contribution < 1.29 is 34.1 Å². The molecule has 0 radical (unpaired) electrons. The van der Waals surface area contributed by atoms with E-state index in [4.69, 9.17) is 4.74 Å². The lowest BCUT2D eigenvalue weighted by molar-refractivity contribution is 0.0386. The molecule has 0 spiro atoms. The Balaban J connectivity index is 1.24. The fraction of sp³-hybridized carbons (Fsp3) is 0. The molecule has 244 valence electrons. The molecule has 6 aromatic rings. The van der Waals surface area contributed by atoms with Gasteiger partial charge in [-0.15, -0.1) is 0 Å². The Kier molecular flexibility index (Phi) is 9.94. The van der Waals surface area contributed by atoms with Gasteiger partial charge in [0, 0.05) is 22.3 Å². The van der Waals surface area contributed by atoms with E-state index >= 15 is 0 Å². The smallest absolute Gasteiger partial charge is 0.346 e. The molecule has 0 aliphatic heterocycles. The summed E-state index contributed by atoms with van der Waals surface area (Å²) in [4.78, 5) is 50.8. The predicted molar refractivity (Wildman–Crippen MR) is 192 cm³/mol. The standard InChI is InChI=1S/C44H26O7/c45-41(46)37-25-23-35(33-19-15-31(16-20-33)13-11-29-7-3-1-4-8-29)27-39(37)43(49)51-44(50)40-28-36(24-26-38(40)42(47)48)34-21-17-32(18-22-34)14-12-30-9-5-2-6-10-30/h1-10,15-28H,(H,45,46)(H,47,48). The van der Waals surface area contributed by atoms with Crippen molar-refractivity contribution in [1.82, 2.24) is 0 Å². The molecule has 7 nitrogen and oxygen atoms in total. The highest BCUT2D eigenvalue weighted by atomic mass is 16.6. The zero-order valence-corrected chi connectivity index (χ0v) is 26.8. The van der Waals surface area contributed by atoms with Crippen LogP contribution in [0.2, 0.25) is 0 Å². The fourth-order valence-electron chi connectivity index (χ4n) is 5.18. The SMILES string of the molecule is O=C(O)c1ccc(-c2ccc(C#Cc3ccccc3)cc2)cc1C(=O)OC(=O)c1cc(-c2ccc(C#Cc3ccccc3)cc2)ccc1C(=O)O. The van der Waals surface area contributed by atoms with Gasteiger partial charge in [0.2, 0.25) is 0 Å². The molecule has 0 aliphatic rings. The topological polar surface area (TPSA) is 118 Å². The van der Waals surface area contributed by atoms with Gasteiger partial charge in [0.1, 0.15) is 0 Å². The second-order valence-electron chi connectivity index (χ2n) is 11.2. The Morgan fingerprint density at radius 1 is 0.373 bits per heavy atom. The highest BCUT2D eigenvalue weighted by molar-refractivity contribution is 6.11. The molecule has 2 N–H and O–H groups in total. The summed E-state index contributed by atoms with van der Waals surface area (Å²) < 4.78 is 5.13. The Morgan fingerprint density at radius 3 is 1.02 bits per heavy atom. The predicted octanol–water partition coefficient (Wildman–Crippen LogP) is 8.21. The third-order valence-corrected chi connectivity index (χ3v) is 7.81. The Hall–Kier alpha value is -7.48. The van der Waals surface area contributed by atoms with Crippen LogP contribution in [0.15, 0.2) is 146 Å². The van der Waals surface area contributed by atoms with E-state index in [2.05, 4.69) is 23.7 Å². The second-order valence-corrected chi connectivity index (χ2v) is 11.2. The molecular formula is C44H26O7. The normalized spacial score (nSPS) is 10.1. The Labute approximate surface area is 293 Å². The van der Waals surface area contributed by atoms with Gasteiger partial charge in [-0.25, -0.2) is 19.2 Å². The Morgan fingerprint density at radius 2 is 0.686 bits per heavy atom. The number of aromatic carboxylic acids is 2. The van der Waals surface area contributed by atoms with Crippen molar-refractivity contribution in [2.75, 3.05) is 0 Å². The van der Waals surface area contributed by atoms with Gasteiger partial charge in [-0.3, -0.25) is 0 Å². The van der Waals surface area contributed by atoms with Crippen LogP contribution in [0.5, 0.6) is 0 Å². The monoisotopic (exact) mass is 666 g/mol. The van der Waals surface area contributed by atoms with Gasteiger partial charge < -0.3 is 14.9 Å². The number of hydrogen-bond donors (Lipinski definition) is 2. The van der Waals surface area contributed by atoms with Gasteiger partial charge in [0.25, 0.3) is 0 Å². The summed E-state index contributed by atoms with van der Waals surface area (Å²) in [5, 5.41) is 19.6. The number of benzene rings is 6. The number of carboxylic acid groups (broad SMARTS) is 2. The molecule has 0 saturated heterocycles. The highest BCUT2D eigenvalue weighted by Gasteiger charge is 2.25. The van der Waals surface area contributed by atoms with Crippen molar-refractivity contribution >= 4 is 23.9 Å². The maximum Gasteiger partial charge on any atom is 0.346 e. The largest absolute Gasteiger partial charge is 0.478 e. The van der Waals surface area contributed by atoms with E-state index in [1.54, 1.807) is 48.5 Å².